The van der Waals surface area contributed by atoms with Gasteiger partial charge in [-0.2, -0.15) is 0 Å². The van der Waals surface area contributed by atoms with Crippen LogP contribution in [0.3, 0.4) is 0 Å². The number of carbonyl (C=O) groups is 1. The number of ether oxygens (including phenoxy) is 1. The number of esters is 1. The lowest BCUT2D eigenvalue weighted by Gasteiger charge is -2.11. The van der Waals surface area contributed by atoms with Crippen LogP contribution in [-0.2, 0) is 31.8 Å². The highest BCUT2D eigenvalue weighted by atomic mass is 79.9. The molecule has 0 aliphatic carbocycles. The fourth-order valence-corrected chi connectivity index (χ4v) is 4.27. The van der Waals surface area contributed by atoms with Gasteiger partial charge in [-0.3, -0.25) is 13.9 Å². The zero-order chi connectivity index (χ0) is 23.7. The van der Waals surface area contributed by atoms with E-state index in [1.165, 1.54) is 11.6 Å². The summed E-state index contributed by atoms with van der Waals surface area (Å²) in [7, 11) is 3.06. The molecule has 0 N–H and O–H groups in total. The van der Waals surface area contributed by atoms with Crippen molar-refractivity contribution in [3.63, 3.8) is 0 Å². The Morgan fingerprint density at radius 3 is 2.48 bits per heavy atom. The van der Waals surface area contributed by atoms with E-state index in [1.807, 2.05) is 34.9 Å². The molecule has 9 heteroatoms. The van der Waals surface area contributed by atoms with Crippen LogP contribution in [0.25, 0.3) is 11.2 Å². The van der Waals surface area contributed by atoms with Gasteiger partial charge in [-0.05, 0) is 42.3 Å². The second kappa shape index (κ2) is 9.19. The molecule has 4 aromatic rings. The minimum atomic E-state index is -0.435. The van der Waals surface area contributed by atoms with Crippen LogP contribution in [0.1, 0.15) is 34.2 Å². The average Bonchev–Trinajstić information content (AvgIpc) is 3.14. The van der Waals surface area contributed by atoms with E-state index in [9.17, 15) is 14.4 Å². The fourth-order valence-electron chi connectivity index (χ4n) is 3.82. The Bertz CT molecular complexity index is 1480. The summed E-state index contributed by atoms with van der Waals surface area (Å²) in [6.07, 6.45) is 0.368. The highest BCUT2D eigenvalue weighted by Crippen LogP contribution is 2.20. The van der Waals surface area contributed by atoms with E-state index in [0.717, 1.165) is 20.2 Å². The van der Waals surface area contributed by atoms with Gasteiger partial charge < -0.3 is 9.30 Å². The van der Waals surface area contributed by atoms with Crippen LogP contribution >= 0.6 is 15.9 Å². The quantitative estimate of drug-likeness (QED) is 0.372. The second-order valence-electron chi connectivity index (χ2n) is 7.72. The van der Waals surface area contributed by atoms with E-state index in [2.05, 4.69) is 20.9 Å². The maximum Gasteiger partial charge on any atom is 0.338 e. The van der Waals surface area contributed by atoms with E-state index in [0.29, 0.717) is 42.1 Å². The van der Waals surface area contributed by atoms with Crippen LogP contribution in [0.2, 0.25) is 0 Å². The summed E-state index contributed by atoms with van der Waals surface area (Å²) in [4.78, 5) is 42.4. The smallest absolute Gasteiger partial charge is 0.338 e. The van der Waals surface area contributed by atoms with E-state index >= 15 is 0 Å². The highest BCUT2D eigenvalue weighted by Gasteiger charge is 2.20. The van der Waals surface area contributed by atoms with Crippen molar-refractivity contribution in [1.29, 1.82) is 0 Å². The zero-order valence-electron chi connectivity index (χ0n) is 18.5. The minimum Gasteiger partial charge on any atom is -0.462 e. The third-order valence-corrected chi connectivity index (χ3v) is 5.95. The van der Waals surface area contributed by atoms with Crippen molar-refractivity contribution in [2.45, 2.75) is 19.9 Å². The zero-order valence-corrected chi connectivity index (χ0v) is 20.1. The Morgan fingerprint density at radius 2 is 1.76 bits per heavy atom. The number of benzene rings is 2. The van der Waals surface area contributed by atoms with Gasteiger partial charge in [0.05, 0.1) is 12.2 Å². The van der Waals surface area contributed by atoms with Gasteiger partial charge in [0.2, 0.25) is 0 Å². The predicted octanol–water partition coefficient (Wildman–Crippen LogP) is 3.01. The minimum absolute atomic E-state index is 0.294. The molecule has 0 saturated heterocycles. The third-order valence-electron chi connectivity index (χ3n) is 5.46. The first kappa shape index (κ1) is 22.7. The van der Waals surface area contributed by atoms with Crippen molar-refractivity contribution < 1.29 is 9.53 Å². The van der Waals surface area contributed by atoms with E-state index in [4.69, 9.17) is 4.74 Å². The second-order valence-corrected chi connectivity index (χ2v) is 8.64. The first-order valence-electron chi connectivity index (χ1n) is 10.5. The van der Waals surface area contributed by atoms with Crippen LogP contribution < -0.4 is 11.2 Å². The van der Waals surface area contributed by atoms with Crippen molar-refractivity contribution in [2.24, 2.45) is 14.1 Å². The van der Waals surface area contributed by atoms with Crippen LogP contribution in [-0.4, -0.2) is 31.3 Å². The van der Waals surface area contributed by atoms with Gasteiger partial charge in [0.1, 0.15) is 5.82 Å². The van der Waals surface area contributed by atoms with Crippen LogP contribution in [0.4, 0.5) is 0 Å². The molecule has 0 spiro atoms. The molecule has 2 aromatic carbocycles. The molecule has 170 valence electrons. The van der Waals surface area contributed by atoms with Crippen LogP contribution in [0.15, 0.2) is 62.6 Å². The Labute approximate surface area is 198 Å². The molecule has 0 unspecified atom stereocenters. The number of aromatic nitrogens is 4. The number of hydrogen-bond acceptors (Lipinski definition) is 5. The SMILES string of the molecule is CCOC(=O)c1cccc(Cc2nc3c(c(=O)n(C)c(=O)n3C)n2Cc2cccc(Br)c2)c1. The lowest BCUT2D eigenvalue weighted by molar-refractivity contribution is 0.0526. The lowest BCUT2D eigenvalue weighted by atomic mass is 10.1. The summed E-state index contributed by atoms with van der Waals surface area (Å²) >= 11 is 3.49. The van der Waals surface area contributed by atoms with Crippen LogP contribution in [0, 0.1) is 0 Å². The Morgan fingerprint density at radius 1 is 1.03 bits per heavy atom. The number of carbonyl (C=O) groups excluding carboxylic acids is 1. The predicted molar refractivity (Wildman–Crippen MR) is 129 cm³/mol. The summed E-state index contributed by atoms with van der Waals surface area (Å²) in [6.45, 7) is 2.45. The Hall–Kier alpha value is -3.46. The van der Waals surface area contributed by atoms with Crippen molar-refractivity contribution in [2.75, 3.05) is 6.61 Å². The number of imidazole rings is 1. The monoisotopic (exact) mass is 510 g/mol. The molecule has 0 amide bonds. The molecule has 0 fully saturated rings. The van der Waals surface area contributed by atoms with Crippen molar-refractivity contribution in [3.8, 4) is 0 Å². The highest BCUT2D eigenvalue weighted by molar-refractivity contribution is 9.10. The molecule has 4 rings (SSSR count). The van der Waals surface area contributed by atoms with E-state index in [1.54, 1.807) is 32.2 Å². The number of hydrogen-bond donors (Lipinski definition) is 0. The van der Waals surface area contributed by atoms with Crippen molar-refractivity contribution >= 4 is 33.1 Å². The maximum atomic E-state index is 13.1. The molecule has 0 atom stereocenters. The van der Waals surface area contributed by atoms with Gasteiger partial charge in [0, 0.05) is 31.5 Å². The number of rotatable bonds is 6. The first-order chi connectivity index (χ1) is 15.8. The Balaban J connectivity index is 1.87. The van der Waals surface area contributed by atoms with Crippen molar-refractivity contribution in [3.05, 3.63) is 96.4 Å². The van der Waals surface area contributed by atoms with Gasteiger partial charge >= 0.3 is 11.7 Å². The maximum absolute atomic E-state index is 13.1. The summed E-state index contributed by atoms with van der Waals surface area (Å²) < 4.78 is 10.3. The van der Waals surface area contributed by atoms with E-state index in [-0.39, 0.29) is 0 Å². The van der Waals surface area contributed by atoms with Gasteiger partial charge in [-0.25, -0.2) is 14.6 Å². The number of fused-ring (bicyclic) bond motifs is 1. The number of halogens is 1. The summed E-state index contributed by atoms with van der Waals surface area (Å²) in [5, 5.41) is 0. The molecule has 0 radical (unpaired) electrons. The standard InChI is InChI=1S/C24H23BrN4O4/c1-4-33-23(31)17-9-5-7-15(11-17)13-19-26-21-20(22(30)28(3)24(32)27(21)2)29(19)14-16-8-6-10-18(25)12-16/h5-12H,4,13-14H2,1-3H3. The molecule has 0 aliphatic rings. The first-order valence-corrected chi connectivity index (χ1v) is 11.2. The summed E-state index contributed by atoms with van der Waals surface area (Å²) in [5.41, 5.74) is 2.12. The molecular weight excluding hydrogens is 488 g/mol. The molecule has 33 heavy (non-hydrogen) atoms. The molecule has 2 heterocycles. The van der Waals surface area contributed by atoms with Crippen LogP contribution in [0.5, 0.6) is 0 Å². The van der Waals surface area contributed by atoms with E-state index < -0.39 is 17.2 Å². The molecule has 0 bridgehead atoms. The average molecular weight is 511 g/mol. The summed E-state index contributed by atoms with van der Waals surface area (Å²) in [5.74, 6) is 0.225. The normalized spacial score (nSPS) is 11.2. The topological polar surface area (TPSA) is 88.1 Å². The number of nitrogens with zero attached hydrogens (tertiary/aromatic N) is 4. The summed E-state index contributed by atoms with van der Waals surface area (Å²) in [6, 6.07) is 14.9. The largest absolute Gasteiger partial charge is 0.462 e. The third kappa shape index (κ3) is 4.41. The molecular formula is C24H23BrN4O4. The van der Waals surface area contributed by atoms with Gasteiger partial charge in [0.25, 0.3) is 5.56 Å². The fraction of sp³-hybridized carbons (Fsp3) is 0.250. The lowest BCUT2D eigenvalue weighted by Crippen LogP contribution is -2.37. The Kier molecular flexibility index (Phi) is 6.33. The molecule has 0 saturated carbocycles. The number of aryl methyl sites for hydroxylation is 1. The van der Waals surface area contributed by atoms with Gasteiger partial charge in [0.15, 0.2) is 11.2 Å². The van der Waals surface area contributed by atoms with Crippen molar-refractivity contribution in [1.82, 2.24) is 18.7 Å². The van der Waals surface area contributed by atoms with Gasteiger partial charge in [-0.15, -0.1) is 0 Å². The molecule has 0 aliphatic heterocycles. The van der Waals surface area contributed by atoms with Gasteiger partial charge in [-0.1, -0.05) is 40.2 Å². The molecule has 2 aromatic heterocycles. The molecule has 8 nitrogen and oxygen atoms in total.